The van der Waals surface area contributed by atoms with Gasteiger partial charge in [0.25, 0.3) is 5.91 Å². The van der Waals surface area contributed by atoms with Crippen LogP contribution in [0.5, 0.6) is 0 Å². The quantitative estimate of drug-likeness (QED) is 0.771. The van der Waals surface area contributed by atoms with E-state index in [4.69, 9.17) is 0 Å². The fraction of sp³-hybridized carbons (Fsp3) is 0.348. The van der Waals surface area contributed by atoms with E-state index in [0.29, 0.717) is 11.8 Å². The number of amides is 3. The number of likely N-dealkylation sites (tertiary alicyclic amines) is 1. The van der Waals surface area contributed by atoms with Gasteiger partial charge in [-0.05, 0) is 55.4 Å². The Morgan fingerprint density at radius 3 is 1.75 bits per heavy atom. The summed E-state index contributed by atoms with van der Waals surface area (Å²) in [5, 5.41) is 0. The normalized spacial score (nSPS) is 27.9. The lowest BCUT2D eigenvalue weighted by Crippen LogP contribution is -2.42. The molecule has 2 bridgehead atoms. The van der Waals surface area contributed by atoms with E-state index in [-0.39, 0.29) is 36.1 Å². The van der Waals surface area contributed by atoms with E-state index in [0.717, 1.165) is 30.6 Å². The third kappa shape index (κ3) is 2.57. The molecule has 0 unspecified atom stereocenters. The number of hydrogen-bond donors (Lipinski definition) is 0. The van der Waals surface area contributed by atoms with Crippen LogP contribution in [-0.4, -0.2) is 29.2 Å². The molecule has 1 saturated heterocycles. The van der Waals surface area contributed by atoms with Gasteiger partial charge < -0.3 is 0 Å². The Kier molecular flexibility index (Phi) is 4.04. The molecule has 0 aromatic heterocycles. The molecule has 5 heteroatoms. The molecule has 3 amide bonds. The summed E-state index contributed by atoms with van der Waals surface area (Å²) < 4.78 is 0. The van der Waals surface area contributed by atoms with Crippen LogP contribution in [0.15, 0.2) is 60.7 Å². The van der Waals surface area contributed by atoms with Gasteiger partial charge in [0, 0.05) is 11.4 Å². The standard InChI is InChI=1S/C23H22N2O3/c26-19(25(17-7-3-1-4-8-17)18-9-5-2-6-10-18)14-24-22(27)20-15-11-12-16(13-15)21(20)23(24)28/h1-10,15-16,20-21H,11-14H2/t15-,16-,20-,21-/m0/s1. The molecule has 142 valence electrons. The maximum absolute atomic E-state index is 13.3. The molecular formula is C23H22N2O3. The zero-order valence-corrected chi connectivity index (χ0v) is 15.5. The highest BCUT2D eigenvalue weighted by Crippen LogP contribution is 2.56. The van der Waals surface area contributed by atoms with Crippen LogP contribution in [0.25, 0.3) is 0 Å². The SMILES string of the molecule is O=C1[C@H]2[C@H]3CC[C@@H](C3)[C@@H]2C(=O)N1CC(=O)N(c1ccccc1)c1ccccc1. The highest BCUT2D eigenvalue weighted by atomic mass is 16.2. The molecule has 0 N–H and O–H groups in total. The van der Waals surface area contributed by atoms with Crippen molar-refractivity contribution in [3.63, 3.8) is 0 Å². The number of anilines is 2. The van der Waals surface area contributed by atoms with Crippen LogP contribution >= 0.6 is 0 Å². The van der Waals surface area contributed by atoms with Gasteiger partial charge in [-0.1, -0.05) is 36.4 Å². The van der Waals surface area contributed by atoms with Crippen LogP contribution in [0.4, 0.5) is 11.4 Å². The van der Waals surface area contributed by atoms with E-state index in [1.165, 1.54) is 4.90 Å². The minimum Gasteiger partial charge on any atom is -0.280 e. The van der Waals surface area contributed by atoms with Crippen LogP contribution in [0.3, 0.4) is 0 Å². The number of nitrogens with zero attached hydrogens (tertiary/aromatic N) is 2. The van der Waals surface area contributed by atoms with Crippen molar-refractivity contribution in [3.05, 3.63) is 60.7 Å². The molecule has 2 aliphatic carbocycles. The molecule has 2 aromatic carbocycles. The number of para-hydroxylation sites is 2. The summed E-state index contributed by atoms with van der Waals surface area (Å²) >= 11 is 0. The largest absolute Gasteiger partial charge is 0.280 e. The number of carbonyl (C=O) groups is 3. The van der Waals surface area contributed by atoms with Crippen molar-refractivity contribution in [1.82, 2.24) is 4.90 Å². The monoisotopic (exact) mass is 374 g/mol. The first-order valence-corrected chi connectivity index (χ1v) is 9.93. The van der Waals surface area contributed by atoms with Crippen molar-refractivity contribution in [1.29, 1.82) is 0 Å². The third-order valence-electron chi connectivity index (χ3n) is 6.59. The number of hydrogen-bond acceptors (Lipinski definition) is 3. The molecule has 5 rings (SSSR count). The lowest BCUT2D eigenvalue weighted by atomic mass is 9.81. The van der Waals surface area contributed by atoms with Gasteiger partial charge in [0.15, 0.2) is 0 Å². The van der Waals surface area contributed by atoms with E-state index >= 15 is 0 Å². The molecule has 2 aromatic rings. The first-order valence-electron chi connectivity index (χ1n) is 9.93. The molecule has 1 aliphatic heterocycles. The Morgan fingerprint density at radius 1 is 0.821 bits per heavy atom. The van der Waals surface area contributed by atoms with Crippen molar-refractivity contribution in [2.45, 2.75) is 19.3 Å². The smallest absolute Gasteiger partial charge is 0.251 e. The van der Waals surface area contributed by atoms with Crippen LogP contribution in [0.2, 0.25) is 0 Å². The van der Waals surface area contributed by atoms with E-state index in [1.54, 1.807) is 4.90 Å². The molecule has 28 heavy (non-hydrogen) atoms. The molecule has 5 nitrogen and oxygen atoms in total. The second-order valence-electron chi connectivity index (χ2n) is 8.05. The van der Waals surface area contributed by atoms with Crippen molar-refractivity contribution in [3.8, 4) is 0 Å². The molecule has 3 fully saturated rings. The van der Waals surface area contributed by atoms with Crippen LogP contribution < -0.4 is 4.90 Å². The van der Waals surface area contributed by atoms with Gasteiger partial charge in [-0.2, -0.15) is 0 Å². The average molecular weight is 374 g/mol. The summed E-state index contributed by atoms with van der Waals surface area (Å²) in [6.45, 7) is -0.201. The second-order valence-corrected chi connectivity index (χ2v) is 8.05. The number of fused-ring (bicyclic) bond motifs is 5. The Hall–Kier alpha value is -2.95. The number of imide groups is 1. The summed E-state index contributed by atoms with van der Waals surface area (Å²) in [7, 11) is 0. The van der Waals surface area contributed by atoms with E-state index in [9.17, 15) is 14.4 Å². The van der Waals surface area contributed by atoms with Crippen LogP contribution in [-0.2, 0) is 14.4 Å². The maximum Gasteiger partial charge on any atom is 0.251 e. The van der Waals surface area contributed by atoms with Crippen molar-refractivity contribution < 1.29 is 14.4 Å². The summed E-state index contributed by atoms with van der Waals surface area (Å²) in [6.07, 6.45) is 3.06. The molecule has 4 atom stereocenters. The second kappa shape index (κ2) is 6.59. The van der Waals surface area contributed by atoms with E-state index in [2.05, 4.69) is 0 Å². The predicted molar refractivity (Wildman–Crippen MR) is 105 cm³/mol. The highest BCUT2D eigenvalue weighted by Gasteiger charge is 2.61. The van der Waals surface area contributed by atoms with Gasteiger partial charge >= 0.3 is 0 Å². The highest BCUT2D eigenvalue weighted by molar-refractivity contribution is 6.11. The van der Waals surface area contributed by atoms with Gasteiger partial charge in [0.2, 0.25) is 11.8 Å². The van der Waals surface area contributed by atoms with E-state index in [1.807, 2.05) is 60.7 Å². The number of rotatable bonds is 4. The number of benzene rings is 2. The lowest BCUT2D eigenvalue weighted by Gasteiger charge is -2.25. The molecule has 2 saturated carbocycles. The van der Waals surface area contributed by atoms with Gasteiger partial charge in [0.1, 0.15) is 6.54 Å². The van der Waals surface area contributed by atoms with Gasteiger partial charge in [-0.3, -0.25) is 24.2 Å². The van der Waals surface area contributed by atoms with Crippen molar-refractivity contribution in [2.24, 2.45) is 23.7 Å². The van der Waals surface area contributed by atoms with Crippen molar-refractivity contribution in [2.75, 3.05) is 11.4 Å². The first kappa shape index (κ1) is 17.2. The zero-order chi connectivity index (χ0) is 19.3. The first-order chi connectivity index (χ1) is 13.6. The average Bonchev–Trinajstić information content (AvgIpc) is 3.40. The minimum absolute atomic E-state index is 0.142. The van der Waals surface area contributed by atoms with Crippen molar-refractivity contribution >= 4 is 29.1 Å². The molecule has 0 radical (unpaired) electrons. The zero-order valence-electron chi connectivity index (χ0n) is 15.5. The van der Waals surface area contributed by atoms with Gasteiger partial charge in [-0.15, -0.1) is 0 Å². The fourth-order valence-corrected chi connectivity index (χ4v) is 5.42. The van der Waals surface area contributed by atoms with Crippen LogP contribution in [0.1, 0.15) is 19.3 Å². The predicted octanol–water partition coefficient (Wildman–Crippen LogP) is 3.38. The summed E-state index contributed by atoms with van der Waals surface area (Å²) in [6, 6.07) is 18.7. The molecular weight excluding hydrogens is 352 g/mol. The number of carbonyl (C=O) groups excluding carboxylic acids is 3. The van der Waals surface area contributed by atoms with Crippen LogP contribution in [0, 0.1) is 23.7 Å². The molecule has 0 spiro atoms. The topological polar surface area (TPSA) is 57.7 Å². The summed E-state index contributed by atoms with van der Waals surface area (Å²) in [4.78, 5) is 42.0. The Balaban J connectivity index is 1.43. The van der Waals surface area contributed by atoms with E-state index < -0.39 is 0 Å². The molecule has 3 aliphatic rings. The summed E-state index contributed by atoms with van der Waals surface area (Å²) in [5.41, 5.74) is 1.44. The Bertz CT molecular complexity index is 860. The lowest BCUT2D eigenvalue weighted by molar-refractivity contribution is -0.143. The van der Waals surface area contributed by atoms with Gasteiger partial charge in [-0.25, -0.2) is 0 Å². The summed E-state index contributed by atoms with van der Waals surface area (Å²) in [5.74, 6) is -0.293. The maximum atomic E-state index is 13.3. The Labute approximate surface area is 163 Å². The van der Waals surface area contributed by atoms with Gasteiger partial charge in [0.05, 0.1) is 11.8 Å². The molecule has 1 heterocycles. The fourth-order valence-electron chi connectivity index (χ4n) is 5.42. The third-order valence-corrected chi connectivity index (χ3v) is 6.59. The minimum atomic E-state index is -0.272. The Morgan fingerprint density at radius 2 is 1.29 bits per heavy atom.